The lowest BCUT2D eigenvalue weighted by atomic mass is 10.0. The molecule has 3 aromatic carbocycles. The lowest BCUT2D eigenvalue weighted by Gasteiger charge is -2.09. The van der Waals surface area contributed by atoms with Crippen LogP contribution in [0.1, 0.15) is 0 Å². The molecule has 0 aliphatic heterocycles. The number of benzene rings is 3. The highest BCUT2D eigenvalue weighted by molar-refractivity contribution is 5.84. The Kier molecular flexibility index (Phi) is 3.91. The Morgan fingerprint density at radius 3 is 1.93 bits per heavy atom. The largest absolute Gasteiger partial charge is 0.399 e. The predicted octanol–water partition coefficient (Wildman–Crippen LogP) is 5.92. The molecule has 0 atom stereocenters. The van der Waals surface area contributed by atoms with Crippen LogP contribution in [0.25, 0.3) is 39.2 Å². The maximum absolute atomic E-state index is 5.90. The number of nitrogens with two attached hydrogens (primary N) is 1. The summed E-state index contributed by atoms with van der Waals surface area (Å²) < 4.78 is 2.12. The van der Waals surface area contributed by atoms with E-state index in [0.29, 0.717) is 0 Å². The molecule has 2 N–H and O–H groups in total. The smallest absolute Gasteiger partial charge is 0.145 e. The number of pyridine rings is 1. The zero-order chi connectivity index (χ0) is 18.9. The van der Waals surface area contributed by atoms with Gasteiger partial charge in [-0.15, -0.1) is 0 Å². The topological polar surface area (TPSA) is 43.3 Å². The fraction of sp³-hybridized carbons (Fsp3) is 0. The minimum atomic E-state index is 0.757. The Morgan fingerprint density at radius 2 is 1.25 bits per heavy atom. The van der Waals surface area contributed by atoms with E-state index in [-0.39, 0.29) is 0 Å². The first-order chi connectivity index (χ1) is 13.8. The van der Waals surface area contributed by atoms with E-state index in [9.17, 15) is 0 Å². The van der Waals surface area contributed by atoms with E-state index < -0.39 is 0 Å². The SMILES string of the molecule is Nc1ccc(-c2cc(-c3ccccc3)cn3cc(-c4ccccc4)nc23)cc1. The van der Waals surface area contributed by atoms with Crippen LogP contribution in [-0.2, 0) is 0 Å². The molecule has 5 rings (SSSR count). The summed E-state index contributed by atoms with van der Waals surface area (Å²) >= 11 is 0. The van der Waals surface area contributed by atoms with E-state index in [1.807, 2.05) is 36.4 Å². The number of hydrogen-bond acceptors (Lipinski definition) is 2. The molecule has 28 heavy (non-hydrogen) atoms. The van der Waals surface area contributed by atoms with Gasteiger partial charge >= 0.3 is 0 Å². The van der Waals surface area contributed by atoms with Gasteiger partial charge in [-0.25, -0.2) is 4.98 Å². The molecule has 0 amide bonds. The van der Waals surface area contributed by atoms with Crippen molar-refractivity contribution in [3.05, 3.63) is 103 Å². The molecule has 3 nitrogen and oxygen atoms in total. The molecule has 0 fully saturated rings. The van der Waals surface area contributed by atoms with Crippen LogP contribution < -0.4 is 5.73 Å². The Morgan fingerprint density at radius 1 is 0.607 bits per heavy atom. The summed E-state index contributed by atoms with van der Waals surface area (Å²) in [6.45, 7) is 0. The van der Waals surface area contributed by atoms with Crippen molar-refractivity contribution in [3.8, 4) is 33.5 Å². The fourth-order valence-corrected chi connectivity index (χ4v) is 3.51. The van der Waals surface area contributed by atoms with Crippen molar-refractivity contribution in [3.63, 3.8) is 0 Å². The van der Waals surface area contributed by atoms with Crippen LogP contribution in [0.5, 0.6) is 0 Å². The van der Waals surface area contributed by atoms with Gasteiger partial charge in [0.25, 0.3) is 0 Å². The van der Waals surface area contributed by atoms with Crippen molar-refractivity contribution >= 4 is 11.3 Å². The monoisotopic (exact) mass is 361 g/mol. The molecule has 0 saturated heterocycles. The van der Waals surface area contributed by atoms with Gasteiger partial charge in [0.2, 0.25) is 0 Å². The summed E-state index contributed by atoms with van der Waals surface area (Å²) in [6.07, 6.45) is 4.24. The average molecular weight is 361 g/mol. The molecule has 2 aromatic heterocycles. The molecule has 0 unspecified atom stereocenters. The summed E-state index contributed by atoms with van der Waals surface area (Å²) in [7, 11) is 0. The normalized spacial score (nSPS) is 11.0. The van der Waals surface area contributed by atoms with Gasteiger partial charge in [0.15, 0.2) is 0 Å². The van der Waals surface area contributed by atoms with E-state index in [1.165, 1.54) is 5.56 Å². The number of rotatable bonds is 3. The van der Waals surface area contributed by atoms with E-state index in [1.54, 1.807) is 0 Å². The molecular weight excluding hydrogens is 342 g/mol. The average Bonchev–Trinajstić information content (AvgIpc) is 3.19. The third-order valence-electron chi connectivity index (χ3n) is 4.95. The summed E-state index contributed by atoms with van der Waals surface area (Å²) in [5.74, 6) is 0. The summed E-state index contributed by atoms with van der Waals surface area (Å²) in [4.78, 5) is 4.95. The van der Waals surface area contributed by atoms with Gasteiger partial charge in [0.1, 0.15) is 5.65 Å². The van der Waals surface area contributed by atoms with Crippen LogP contribution in [0.4, 0.5) is 5.69 Å². The van der Waals surface area contributed by atoms with Crippen LogP contribution in [0, 0.1) is 0 Å². The van der Waals surface area contributed by atoms with E-state index >= 15 is 0 Å². The second-order valence-electron chi connectivity index (χ2n) is 6.85. The Hall–Kier alpha value is -3.85. The number of hydrogen-bond donors (Lipinski definition) is 1. The van der Waals surface area contributed by atoms with Crippen LogP contribution in [0.2, 0.25) is 0 Å². The van der Waals surface area contributed by atoms with Gasteiger partial charge in [0, 0.05) is 29.2 Å². The van der Waals surface area contributed by atoms with E-state index in [2.05, 4.69) is 71.4 Å². The number of nitrogen functional groups attached to an aromatic ring is 1. The Labute approximate surface area is 163 Å². The molecule has 0 spiro atoms. The maximum Gasteiger partial charge on any atom is 0.145 e. The van der Waals surface area contributed by atoms with Crippen molar-refractivity contribution in [1.29, 1.82) is 0 Å². The summed E-state index contributed by atoms with van der Waals surface area (Å²) in [6, 6.07) is 30.9. The number of imidazole rings is 1. The second-order valence-corrected chi connectivity index (χ2v) is 6.85. The first-order valence-corrected chi connectivity index (χ1v) is 9.27. The molecule has 2 heterocycles. The molecule has 0 saturated carbocycles. The lowest BCUT2D eigenvalue weighted by molar-refractivity contribution is 1.19. The van der Waals surface area contributed by atoms with Crippen molar-refractivity contribution in [2.45, 2.75) is 0 Å². The molecule has 5 aromatic rings. The Balaban J connectivity index is 1.77. The summed E-state index contributed by atoms with van der Waals surface area (Å²) in [5, 5.41) is 0. The van der Waals surface area contributed by atoms with Crippen LogP contribution >= 0.6 is 0 Å². The van der Waals surface area contributed by atoms with Crippen LogP contribution in [0.3, 0.4) is 0 Å². The third kappa shape index (κ3) is 2.93. The highest BCUT2D eigenvalue weighted by Crippen LogP contribution is 2.32. The van der Waals surface area contributed by atoms with E-state index in [4.69, 9.17) is 10.7 Å². The number of aromatic nitrogens is 2. The van der Waals surface area contributed by atoms with Gasteiger partial charge in [-0.3, -0.25) is 0 Å². The molecule has 0 radical (unpaired) electrons. The molecular formula is C25H19N3. The summed E-state index contributed by atoms with van der Waals surface area (Å²) in [5.41, 5.74) is 14.2. The number of fused-ring (bicyclic) bond motifs is 1. The van der Waals surface area contributed by atoms with Crippen molar-refractivity contribution in [2.24, 2.45) is 0 Å². The van der Waals surface area contributed by atoms with Gasteiger partial charge in [0.05, 0.1) is 5.69 Å². The first kappa shape index (κ1) is 16.3. The molecule has 134 valence electrons. The second kappa shape index (κ2) is 6.71. The van der Waals surface area contributed by atoms with Crippen molar-refractivity contribution in [2.75, 3.05) is 5.73 Å². The van der Waals surface area contributed by atoms with E-state index in [0.717, 1.165) is 39.3 Å². The van der Waals surface area contributed by atoms with Gasteiger partial charge < -0.3 is 10.1 Å². The standard InChI is InChI=1S/C25H19N3/c26-22-13-11-19(12-14-22)23-15-21(18-7-3-1-4-8-18)16-28-17-24(27-25(23)28)20-9-5-2-6-10-20/h1-17H,26H2. The van der Waals surface area contributed by atoms with Crippen LogP contribution in [-0.4, -0.2) is 9.38 Å². The fourth-order valence-electron chi connectivity index (χ4n) is 3.51. The van der Waals surface area contributed by atoms with Crippen LogP contribution in [0.15, 0.2) is 103 Å². The first-order valence-electron chi connectivity index (χ1n) is 9.27. The predicted molar refractivity (Wildman–Crippen MR) is 116 cm³/mol. The van der Waals surface area contributed by atoms with Gasteiger partial charge in [-0.2, -0.15) is 0 Å². The van der Waals surface area contributed by atoms with Crippen molar-refractivity contribution < 1.29 is 0 Å². The van der Waals surface area contributed by atoms with Gasteiger partial charge in [-0.05, 0) is 34.9 Å². The number of nitrogens with zero attached hydrogens (tertiary/aromatic N) is 2. The minimum absolute atomic E-state index is 0.757. The third-order valence-corrected chi connectivity index (χ3v) is 4.95. The lowest BCUT2D eigenvalue weighted by Crippen LogP contribution is -1.91. The zero-order valence-corrected chi connectivity index (χ0v) is 15.3. The van der Waals surface area contributed by atoms with Gasteiger partial charge in [-0.1, -0.05) is 72.8 Å². The number of anilines is 1. The zero-order valence-electron chi connectivity index (χ0n) is 15.3. The minimum Gasteiger partial charge on any atom is -0.399 e. The molecule has 3 heteroatoms. The quantitative estimate of drug-likeness (QED) is 0.406. The van der Waals surface area contributed by atoms with Crippen molar-refractivity contribution in [1.82, 2.24) is 9.38 Å². The maximum atomic E-state index is 5.90. The molecule has 0 bridgehead atoms. The highest BCUT2D eigenvalue weighted by Gasteiger charge is 2.12. The molecule has 0 aliphatic rings. The Bertz CT molecular complexity index is 1240. The molecule has 0 aliphatic carbocycles. The highest BCUT2D eigenvalue weighted by atomic mass is 15.0.